The predicted octanol–water partition coefficient (Wildman–Crippen LogP) is 3.01. The zero-order chi connectivity index (χ0) is 15.2. The molecule has 0 saturated heterocycles. The average molecular weight is 296 g/mol. The molecule has 1 saturated carbocycles. The van der Waals surface area contributed by atoms with Crippen molar-refractivity contribution in [2.75, 3.05) is 6.54 Å². The standard InChI is InChI=1S/C16H22F2N2O/c1-2-10-19-11-6-8-12(9-7-11)20-16(21)13-4-3-5-14(17)15(13)18/h3-5,11-12,19H,2,6-10H2,1H3,(H,20,21). The first-order chi connectivity index (χ1) is 10.1. The molecule has 21 heavy (non-hydrogen) atoms. The van der Waals surface area contributed by atoms with E-state index < -0.39 is 17.5 Å². The quantitative estimate of drug-likeness (QED) is 0.877. The molecule has 1 aromatic rings. The molecule has 1 aromatic carbocycles. The van der Waals surface area contributed by atoms with Crippen LogP contribution in [0.2, 0.25) is 0 Å². The van der Waals surface area contributed by atoms with E-state index in [0.29, 0.717) is 6.04 Å². The Morgan fingerprint density at radius 3 is 2.52 bits per heavy atom. The van der Waals surface area contributed by atoms with E-state index in [2.05, 4.69) is 17.6 Å². The summed E-state index contributed by atoms with van der Waals surface area (Å²) in [6.07, 6.45) is 4.83. The maximum absolute atomic E-state index is 13.6. The molecule has 1 fully saturated rings. The predicted molar refractivity (Wildman–Crippen MR) is 78.2 cm³/mol. The van der Waals surface area contributed by atoms with Gasteiger partial charge in [0.05, 0.1) is 5.56 Å². The molecule has 0 radical (unpaired) electrons. The Hall–Kier alpha value is -1.49. The van der Waals surface area contributed by atoms with Crippen LogP contribution in [-0.4, -0.2) is 24.5 Å². The molecule has 0 heterocycles. The van der Waals surface area contributed by atoms with E-state index in [1.807, 2.05) is 0 Å². The molecule has 0 atom stereocenters. The Morgan fingerprint density at radius 1 is 1.19 bits per heavy atom. The van der Waals surface area contributed by atoms with Crippen LogP contribution < -0.4 is 10.6 Å². The molecular formula is C16H22F2N2O. The van der Waals surface area contributed by atoms with Gasteiger partial charge in [0.15, 0.2) is 11.6 Å². The minimum atomic E-state index is -1.08. The topological polar surface area (TPSA) is 41.1 Å². The smallest absolute Gasteiger partial charge is 0.254 e. The van der Waals surface area contributed by atoms with Crippen molar-refractivity contribution in [3.8, 4) is 0 Å². The summed E-state index contributed by atoms with van der Waals surface area (Å²) < 4.78 is 26.7. The van der Waals surface area contributed by atoms with Crippen molar-refractivity contribution in [2.45, 2.75) is 51.1 Å². The number of hydrogen-bond donors (Lipinski definition) is 2. The van der Waals surface area contributed by atoms with Gasteiger partial charge in [-0.1, -0.05) is 13.0 Å². The van der Waals surface area contributed by atoms with Crippen LogP contribution in [0.25, 0.3) is 0 Å². The summed E-state index contributed by atoms with van der Waals surface area (Å²) in [5.74, 6) is -2.60. The van der Waals surface area contributed by atoms with Gasteiger partial charge in [0.2, 0.25) is 0 Å². The first-order valence-corrected chi connectivity index (χ1v) is 7.60. The number of amides is 1. The second-order valence-electron chi connectivity index (χ2n) is 5.58. The van der Waals surface area contributed by atoms with E-state index in [0.717, 1.165) is 44.7 Å². The van der Waals surface area contributed by atoms with Gasteiger partial charge in [0.25, 0.3) is 5.91 Å². The van der Waals surface area contributed by atoms with Gasteiger partial charge in [0.1, 0.15) is 0 Å². The van der Waals surface area contributed by atoms with E-state index in [4.69, 9.17) is 0 Å². The van der Waals surface area contributed by atoms with Crippen LogP contribution in [0.5, 0.6) is 0 Å². The lowest BCUT2D eigenvalue weighted by molar-refractivity contribution is 0.0919. The van der Waals surface area contributed by atoms with Crippen molar-refractivity contribution in [1.29, 1.82) is 0 Å². The molecule has 2 N–H and O–H groups in total. The van der Waals surface area contributed by atoms with Gasteiger partial charge < -0.3 is 10.6 Å². The monoisotopic (exact) mass is 296 g/mol. The second-order valence-corrected chi connectivity index (χ2v) is 5.58. The summed E-state index contributed by atoms with van der Waals surface area (Å²) in [6, 6.07) is 4.21. The molecule has 1 aliphatic carbocycles. The fraction of sp³-hybridized carbons (Fsp3) is 0.562. The zero-order valence-electron chi connectivity index (χ0n) is 12.3. The third-order valence-corrected chi connectivity index (χ3v) is 3.94. The van der Waals surface area contributed by atoms with Crippen LogP contribution in [0.3, 0.4) is 0 Å². The lowest BCUT2D eigenvalue weighted by Crippen LogP contribution is -2.42. The number of carbonyl (C=O) groups excluding carboxylic acids is 1. The highest BCUT2D eigenvalue weighted by Gasteiger charge is 2.23. The number of hydrogen-bond acceptors (Lipinski definition) is 2. The van der Waals surface area contributed by atoms with Crippen molar-refractivity contribution >= 4 is 5.91 Å². The third kappa shape index (κ3) is 4.24. The summed E-state index contributed by atoms with van der Waals surface area (Å²) in [4.78, 5) is 12.0. The Labute approximate surface area is 124 Å². The fourth-order valence-corrected chi connectivity index (χ4v) is 2.73. The molecule has 0 aromatic heterocycles. The Bertz CT molecular complexity index is 485. The Morgan fingerprint density at radius 2 is 1.86 bits per heavy atom. The normalized spacial score (nSPS) is 22.0. The molecule has 1 amide bonds. The molecular weight excluding hydrogens is 274 g/mol. The van der Waals surface area contributed by atoms with Gasteiger partial charge in [-0.3, -0.25) is 4.79 Å². The zero-order valence-corrected chi connectivity index (χ0v) is 12.3. The lowest BCUT2D eigenvalue weighted by atomic mass is 9.91. The van der Waals surface area contributed by atoms with E-state index in [1.165, 1.54) is 12.1 Å². The van der Waals surface area contributed by atoms with Gasteiger partial charge in [-0.25, -0.2) is 8.78 Å². The molecule has 0 bridgehead atoms. The molecule has 0 aliphatic heterocycles. The first-order valence-electron chi connectivity index (χ1n) is 7.60. The van der Waals surface area contributed by atoms with Gasteiger partial charge in [-0.2, -0.15) is 0 Å². The van der Waals surface area contributed by atoms with Crippen LogP contribution in [0.1, 0.15) is 49.4 Å². The molecule has 0 spiro atoms. The molecule has 1 aliphatic rings. The summed E-state index contributed by atoms with van der Waals surface area (Å²) in [6.45, 7) is 3.14. The molecule has 5 heteroatoms. The van der Waals surface area contributed by atoms with Crippen molar-refractivity contribution in [2.24, 2.45) is 0 Å². The van der Waals surface area contributed by atoms with Crippen LogP contribution in [0, 0.1) is 11.6 Å². The Kier molecular flexibility index (Phi) is 5.67. The van der Waals surface area contributed by atoms with E-state index in [9.17, 15) is 13.6 Å². The largest absolute Gasteiger partial charge is 0.349 e. The van der Waals surface area contributed by atoms with E-state index >= 15 is 0 Å². The van der Waals surface area contributed by atoms with Crippen molar-refractivity contribution in [3.63, 3.8) is 0 Å². The first kappa shape index (κ1) is 15.9. The average Bonchev–Trinajstić information content (AvgIpc) is 2.49. The molecule has 116 valence electrons. The SMILES string of the molecule is CCCNC1CCC(NC(=O)c2cccc(F)c2F)CC1. The van der Waals surface area contributed by atoms with Crippen molar-refractivity contribution in [3.05, 3.63) is 35.4 Å². The van der Waals surface area contributed by atoms with Gasteiger partial charge >= 0.3 is 0 Å². The Balaban J connectivity index is 1.86. The van der Waals surface area contributed by atoms with Gasteiger partial charge in [-0.05, 0) is 50.8 Å². The molecule has 2 rings (SSSR count). The fourth-order valence-electron chi connectivity index (χ4n) is 2.73. The second kappa shape index (κ2) is 7.50. The molecule has 0 unspecified atom stereocenters. The van der Waals surface area contributed by atoms with Crippen LogP contribution in [0.4, 0.5) is 8.78 Å². The van der Waals surface area contributed by atoms with Crippen molar-refractivity contribution in [1.82, 2.24) is 10.6 Å². The number of carbonyl (C=O) groups is 1. The van der Waals surface area contributed by atoms with Crippen LogP contribution >= 0.6 is 0 Å². The van der Waals surface area contributed by atoms with E-state index in [1.54, 1.807) is 0 Å². The summed E-state index contributed by atoms with van der Waals surface area (Å²) >= 11 is 0. The van der Waals surface area contributed by atoms with Gasteiger partial charge in [-0.15, -0.1) is 0 Å². The van der Waals surface area contributed by atoms with Crippen molar-refractivity contribution < 1.29 is 13.6 Å². The summed E-state index contributed by atoms with van der Waals surface area (Å²) in [5, 5.41) is 6.28. The van der Waals surface area contributed by atoms with Gasteiger partial charge in [0, 0.05) is 12.1 Å². The highest BCUT2D eigenvalue weighted by atomic mass is 19.2. The number of halogens is 2. The minimum absolute atomic E-state index is 0.0415. The number of benzene rings is 1. The number of nitrogens with one attached hydrogen (secondary N) is 2. The third-order valence-electron chi connectivity index (χ3n) is 3.94. The number of rotatable bonds is 5. The highest BCUT2D eigenvalue weighted by molar-refractivity contribution is 5.94. The minimum Gasteiger partial charge on any atom is -0.349 e. The summed E-state index contributed by atoms with van der Waals surface area (Å²) in [7, 11) is 0. The lowest BCUT2D eigenvalue weighted by Gasteiger charge is -2.29. The summed E-state index contributed by atoms with van der Waals surface area (Å²) in [5.41, 5.74) is -0.221. The maximum Gasteiger partial charge on any atom is 0.254 e. The maximum atomic E-state index is 13.6. The highest BCUT2D eigenvalue weighted by Crippen LogP contribution is 2.20. The van der Waals surface area contributed by atoms with Crippen LogP contribution in [-0.2, 0) is 0 Å². The van der Waals surface area contributed by atoms with Crippen LogP contribution in [0.15, 0.2) is 18.2 Å². The van der Waals surface area contributed by atoms with E-state index in [-0.39, 0.29) is 11.6 Å². The molecule has 3 nitrogen and oxygen atoms in total.